The van der Waals surface area contributed by atoms with Crippen LogP contribution < -0.4 is 5.63 Å². The molecular formula is C16H10F2O3S. The van der Waals surface area contributed by atoms with Gasteiger partial charge in [-0.05, 0) is 41.6 Å². The molecule has 3 nitrogen and oxygen atoms in total. The van der Waals surface area contributed by atoms with Crippen molar-refractivity contribution in [1.82, 2.24) is 0 Å². The Balaban J connectivity index is 2.27. The molecule has 1 N–H and O–H groups in total. The normalized spacial score (nSPS) is 10.9. The Labute approximate surface area is 128 Å². The van der Waals surface area contributed by atoms with Gasteiger partial charge in [0.2, 0.25) is 5.82 Å². The molecule has 0 saturated heterocycles. The summed E-state index contributed by atoms with van der Waals surface area (Å²) in [6, 6.07) is 6.88. The molecule has 0 aliphatic heterocycles. The number of halogens is 2. The molecule has 2 heterocycles. The zero-order valence-electron chi connectivity index (χ0n) is 11.4. The maximum atomic E-state index is 14.4. The van der Waals surface area contributed by atoms with Crippen LogP contribution >= 0.6 is 11.3 Å². The van der Waals surface area contributed by atoms with Gasteiger partial charge in [-0.25, -0.2) is 9.18 Å². The summed E-state index contributed by atoms with van der Waals surface area (Å²) in [4.78, 5) is 12.6. The van der Waals surface area contributed by atoms with Gasteiger partial charge in [0.25, 0.3) is 0 Å². The highest BCUT2D eigenvalue weighted by Crippen LogP contribution is 2.36. The van der Waals surface area contributed by atoms with Gasteiger partial charge in [-0.1, -0.05) is 12.1 Å². The van der Waals surface area contributed by atoms with Gasteiger partial charge in [0.15, 0.2) is 11.5 Å². The van der Waals surface area contributed by atoms with Crippen molar-refractivity contribution in [2.45, 2.75) is 6.92 Å². The largest absolute Gasteiger partial charge is 0.504 e. The van der Waals surface area contributed by atoms with E-state index in [-0.39, 0.29) is 16.9 Å². The second-order valence-corrected chi connectivity index (χ2v) is 5.64. The average Bonchev–Trinajstić information content (AvgIpc) is 2.99. The Morgan fingerprint density at radius 1 is 1.23 bits per heavy atom. The lowest BCUT2D eigenvalue weighted by atomic mass is 10.0. The van der Waals surface area contributed by atoms with Crippen LogP contribution in [0.25, 0.3) is 21.8 Å². The van der Waals surface area contributed by atoms with Crippen LogP contribution in [0.3, 0.4) is 0 Å². The third-order valence-electron chi connectivity index (χ3n) is 3.25. The highest BCUT2D eigenvalue weighted by atomic mass is 32.1. The Morgan fingerprint density at radius 3 is 2.64 bits per heavy atom. The van der Waals surface area contributed by atoms with Crippen LogP contribution in [0, 0.1) is 18.6 Å². The summed E-state index contributed by atoms with van der Waals surface area (Å²) in [5.41, 5.74) is -0.567. The van der Waals surface area contributed by atoms with E-state index in [1.165, 1.54) is 23.5 Å². The first-order chi connectivity index (χ1) is 10.5. The lowest BCUT2D eigenvalue weighted by Gasteiger charge is -2.09. The molecule has 3 aromatic rings. The lowest BCUT2D eigenvalue weighted by molar-refractivity contribution is 0.403. The van der Waals surface area contributed by atoms with Gasteiger partial charge in [0.1, 0.15) is 11.4 Å². The Hall–Kier alpha value is -2.47. The maximum absolute atomic E-state index is 14.4. The molecule has 0 radical (unpaired) electrons. The topological polar surface area (TPSA) is 50.4 Å². The monoisotopic (exact) mass is 320 g/mol. The smallest absolute Gasteiger partial charge is 0.348 e. The fourth-order valence-corrected chi connectivity index (χ4v) is 2.91. The number of aryl methyl sites for hydroxylation is 1. The van der Waals surface area contributed by atoms with Crippen LogP contribution in [0.2, 0.25) is 0 Å². The second-order valence-electron chi connectivity index (χ2n) is 4.69. The Bertz CT molecular complexity index is 898. The van der Waals surface area contributed by atoms with Crippen LogP contribution in [0.5, 0.6) is 5.75 Å². The molecule has 0 aliphatic carbocycles. The van der Waals surface area contributed by atoms with Crippen molar-refractivity contribution in [3.05, 3.63) is 63.3 Å². The number of aromatic hydroxyl groups is 1. The van der Waals surface area contributed by atoms with E-state index in [0.29, 0.717) is 10.4 Å². The van der Waals surface area contributed by atoms with Crippen molar-refractivity contribution in [3.63, 3.8) is 0 Å². The van der Waals surface area contributed by atoms with Gasteiger partial charge in [-0.2, -0.15) is 4.39 Å². The number of hydrogen-bond donors (Lipinski definition) is 1. The maximum Gasteiger partial charge on any atom is 0.348 e. The molecule has 0 saturated carbocycles. The summed E-state index contributed by atoms with van der Waals surface area (Å²) in [5.74, 6) is -2.60. The van der Waals surface area contributed by atoms with E-state index in [2.05, 4.69) is 0 Å². The van der Waals surface area contributed by atoms with Crippen molar-refractivity contribution < 1.29 is 18.3 Å². The molecule has 3 rings (SSSR count). The zero-order chi connectivity index (χ0) is 15.9. The Morgan fingerprint density at radius 2 is 2.00 bits per heavy atom. The van der Waals surface area contributed by atoms with Crippen molar-refractivity contribution in [3.8, 4) is 27.5 Å². The molecule has 0 amide bonds. The molecule has 1 aromatic carbocycles. The van der Waals surface area contributed by atoms with E-state index >= 15 is 0 Å². The van der Waals surface area contributed by atoms with Crippen LogP contribution in [-0.4, -0.2) is 5.11 Å². The van der Waals surface area contributed by atoms with E-state index in [4.69, 9.17) is 4.42 Å². The molecule has 0 bridgehead atoms. The van der Waals surface area contributed by atoms with Crippen LogP contribution in [0.1, 0.15) is 5.56 Å². The van der Waals surface area contributed by atoms with Gasteiger partial charge in [-0.15, -0.1) is 11.3 Å². The van der Waals surface area contributed by atoms with Crippen LogP contribution in [-0.2, 0) is 0 Å². The minimum atomic E-state index is -1.01. The second kappa shape index (κ2) is 5.38. The average molecular weight is 320 g/mol. The minimum absolute atomic E-state index is 0.226. The van der Waals surface area contributed by atoms with E-state index in [0.717, 1.165) is 6.07 Å². The minimum Gasteiger partial charge on any atom is -0.504 e. The van der Waals surface area contributed by atoms with Gasteiger partial charge in [-0.3, -0.25) is 0 Å². The molecule has 22 heavy (non-hydrogen) atoms. The van der Waals surface area contributed by atoms with E-state index in [9.17, 15) is 18.7 Å². The molecule has 0 fully saturated rings. The third kappa shape index (κ3) is 2.31. The molecule has 0 aliphatic rings. The van der Waals surface area contributed by atoms with Crippen molar-refractivity contribution >= 4 is 11.3 Å². The first-order valence-corrected chi connectivity index (χ1v) is 7.23. The third-order valence-corrected chi connectivity index (χ3v) is 4.11. The SMILES string of the molecule is Cc1cc(F)ccc1-c1c(O)c(F)c(-c2cccs2)oc1=O. The summed E-state index contributed by atoms with van der Waals surface area (Å²) >= 11 is 1.18. The van der Waals surface area contributed by atoms with Gasteiger partial charge < -0.3 is 9.52 Å². The number of thiophene rings is 1. The standard InChI is InChI=1S/C16H10F2O3S/c1-8-7-9(17)4-5-10(8)12-14(19)13(18)15(21-16(12)20)11-3-2-6-22-11/h2-7,19H,1H3. The van der Waals surface area contributed by atoms with Crippen molar-refractivity contribution in [2.75, 3.05) is 0 Å². The van der Waals surface area contributed by atoms with Crippen LogP contribution in [0.15, 0.2) is 44.9 Å². The van der Waals surface area contributed by atoms with Crippen LogP contribution in [0.4, 0.5) is 8.78 Å². The summed E-state index contributed by atoms with van der Waals surface area (Å²) in [5, 5.41) is 11.8. The Kier molecular flexibility index (Phi) is 3.54. The first-order valence-electron chi connectivity index (χ1n) is 6.35. The summed E-state index contributed by atoms with van der Waals surface area (Å²) in [6.45, 7) is 1.56. The summed E-state index contributed by atoms with van der Waals surface area (Å²) in [7, 11) is 0. The van der Waals surface area contributed by atoms with Gasteiger partial charge in [0, 0.05) is 0 Å². The first kappa shape index (κ1) is 14.5. The number of rotatable bonds is 2. The zero-order valence-corrected chi connectivity index (χ0v) is 12.2. The fraction of sp³-hybridized carbons (Fsp3) is 0.0625. The molecular weight excluding hydrogens is 310 g/mol. The van der Waals surface area contributed by atoms with Gasteiger partial charge in [0.05, 0.1) is 4.88 Å². The van der Waals surface area contributed by atoms with Gasteiger partial charge >= 0.3 is 5.63 Å². The molecule has 6 heteroatoms. The van der Waals surface area contributed by atoms with E-state index in [1.807, 2.05) is 0 Å². The lowest BCUT2D eigenvalue weighted by Crippen LogP contribution is -2.07. The molecule has 112 valence electrons. The molecule has 2 aromatic heterocycles. The summed E-state index contributed by atoms with van der Waals surface area (Å²) < 4.78 is 32.5. The highest BCUT2D eigenvalue weighted by Gasteiger charge is 2.23. The quantitative estimate of drug-likeness (QED) is 0.764. The predicted molar refractivity (Wildman–Crippen MR) is 80.0 cm³/mol. The fourth-order valence-electron chi connectivity index (χ4n) is 2.21. The van der Waals surface area contributed by atoms with E-state index in [1.54, 1.807) is 24.4 Å². The molecule has 0 unspecified atom stereocenters. The number of benzene rings is 1. The molecule has 0 atom stereocenters. The van der Waals surface area contributed by atoms with Crippen molar-refractivity contribution in [1.29, 1.82) is 0 Å². The summed E-state index contributed by atoms with van der Waals surface area (Å²) in [6.07, 6.45) is 0. The molecule has 0 spiro atoms. The highest BCUT2D eigenvalue weighted by molar-refractivity contribution is 7.13. The van der Waals surface area contributed by atoms with Crippen molar-refractivity contribution in [2.24, 2.45) is 0 Å². The number of hydrogen-bond acceptors (Lipinski definition) is 4. The van der Waals surface area contributed by atoms with E-state index < -0.39 is 23.0 Å². The predicted octanol–water partition coefficient (Wildman–Crippen LogP) is 4.33.